The minimum absolute atomic E-state index is 0.112. The molecule has 1 heterocycles. The molecule has 0 aliphatic carbocycles. The monoisotopic (exact) mass is 489 g/mol. The first-order chi connectivity index (χ1) is 15.7. The minimum Gasteiger partial charge on any atom is -0.506 e. The lowest BCUT2D eigenvalue weighted by Gasteiger charge is -2.23. The Morgan fingerprint density at radius 2 is 2.06 bits per heavy atom. The van der Waals surface area contributed by atoms with Crippen LogP contribution in [0.25, 0.3) is 5.70 Å². The van der Waals surface area contributed by atoms with Gasteiger partial charge in [-0.25, -0.2) is 4.79 Å². The number of carbonyl (C=O) groups is 1. The predicted molar refractivity (Wildman–Crippen MR) is 138 cm³/mol. The van der Waals surface area contributed by atoms with Crippen molar-refractivity contribution in [3.05, 3.63) is 52.3 Å². The van der Waals surface area contributed by atoms with Crippen LogP contribution in [0, 0.1) is 0 Å². The number of phenols is 1. The molecule has 10 heteroatoms. The molecule has 3 rings (SSSR count). The average molecular weight is 490 g/mol. The van der Waals surface area contributed by atoms with E-state index in [2.05, 4.69) is 29.9 Å². The molecule has 2 aromatic carbocycles. The lowest BCUT2D eigenvalue weighted by Crippen LogP contribution is -2.21. The number of aromatic hydroxyl groups is 1. The molecule has 2 aromatic rings. The number of nitrogens with zero attached hydrogens (tertiary/aromatic N) is 3. The van der Waals surface area contributed by atoms with Gasteiger partial charge in [-0.15, -0.1) is 9.24 Å². The zero-order chi connectivity index (χ0) is 24.0. The van der Waals surface area contributed by atoms with Gasteiger partial charge >= 0.3 is 6.03 Å². The van der Waals surface area contributed by atoms with E-state index in [0.29, 0.717) is 23.1 Å². The van der Waals surface area contributed by atoms with E-state index in [9.17, 15) is 9.90 Å². The number of anilines is 2. The molecular formula is C23H29ClN5O3P. The fraction of sp³-hybridized carbons (Fsp3) is 0.304. The van der Waals surface area contributed by atoms with Crippen LogP contribution in [0.4, 0.5) is 16.2 Å². The Hall–Kier alpha value is -2.80. The van der Waals surface area contributed by atoms with E-state index < -0.39 is 6.03 Å². The van der Waals surface area contributed by atoms with Crippen molar-refractivity contribution in [2.75, 3.05) is 44.9 Å². The molecule has 0 aromatic heterocycles. The second kappa shape index (κ2) is 11.4. The van der Waals surface area contributed by atoms with Crippen LogP contribution in [0.3, 0.4) is 0 Å². The summed E-state index contributed by atoms with van der Waals surface area (Å²) >= 11 is 5.86. The molecule has 1 aliphatic rings. The van der Waals surface area contributed by atoms with Gasteiger partial charge in [0.25, 0.3) is 0 Å². The van der Waals surface area contributed by atoms with Gasteiger partial charge in [0.2, 0.25) is 0 Å². The quantitative estimate of drug-likeness (QED) is 0.381. The highest BCUT2D eigenvalue weighted by Crippen LogP contribution is 2.37. The Labute approximate surface area is 201 Å². The van der Waals surface area contributed by atoms with Crippen LogP contribution in [0.5, 0.6) is 11.5 Å². The van der Waals surface area contributed by atoms with Crippen LogP contribution >= 0.6 is 20.8 Å². The number of carbonyl (C=O) groups excluding carboxylic acids is 1. The number of hydrogen-bond acceptors (Lipinski definition) is 6. The van der Waals surface area contributed by atoms with Crippen LogP contribution in [-0.2, 0) is 0 Å². The summed E-state index contributed by atoms with van der Waals surface area (Å²) in [4.78, 5) is 14.6. The number of ether oxygens (including phenoxy) is 1. The van der Waals surface area contributed by atoms with Gasteiger partial charge in [-0.1, -0.05) is 11.6 Å². The van der Waals surface area contributed by atoms with E-state index in [0.717, 1.165) is 36.0 Å². The number of benzene rings is 2. The number of urea groups is 1. The Kier molecular flexibility index (Phi) is 8.55. The third-order valence-corrected chi connectivity index (χ3v) is 5.72. The van der Waals surface area contributed by atoms with Crippen LogP contribution in [-0.4, -0.2) is 61.6 Å². The number of likely N-dealkylation sites (N-methyl/N-ethyl adjacent to an activating group) is 1. The van der Waals surface area contributed by atoms with Gasteiger partial charge < -0.3 is 25.4 Å². The molecule has 1 aliphatic heterocycles. The number of halogens is 1. The molecule has 1 unspecified atom stereocenters. The summed E-state index contributed by atoms with van der Waals surface area (Å²) in [5.74, 6) is 0.593. The summed E-state index contributed by atoms with van der Waals surface area (Å²) in [7, 11) is 8.67. The topological polar surface area (TPSA) is 89.4 Å². The van der Waals surface area contributed by atoms with Gasteiger partial charge in [0.15, 0.2) is 0 Å². The molecule has 1 atom stereocenters. The smallest absolute Gasteiger partial charge is 0.323 e. The first-order valence-electron chi connectivity index (χ1n) is 10.5. The standard InChI is InChI=1S/C23H29ClN5O3P/c1-28(2)11-12-32-20-9-7-16(14-17(20)22-21(33)5-4-10-25-29(22)3)26-23(31)27-18-8-6-15(24)13-19(18)30/h6-10,13-14,30H,4-5,11-12,33H2,1-3H3,(H2,26,27,31). The van der Waals surface area contributed by atoms with Crippen LogP contribution < -0.4 is 15.4 Å². The number of allylic oxidation sites excluding steroid dienone is 1. The third kappa shape index (κ3) is 6.84. The van der Waals surface area contributed by atoms with Gasteiger partial charge in [0.1, 0.15) is 18.1 Å². The summed E-state index contributed by atoms with van der Waals surface area (Å²) in [5, 5.41) is 23.2. The number of rotatable bonds is 7. The maximum atomic E-state index is 12.6. The summed E-state index contributed by atoms with van der Waals surface area (Å²) in [6.45, 7) is 1.29. The summed E-state index contributed by atoms with van der Waals surface area (Å²) < 4.78 is 6.08. The zero-order valence-corrected chi connectivity index (χ0v) is 20.8. The first kappa shape index (κ1) is 24.8. The summed E-state index contributed by atoms with van der Waals surface area (Å²) in [5.41, 5.74) is 2.57. The van der Waals surface area contributed by atoms with Crippen molar-refractivity contribution in [2.45, 2.75) is 12.8 Å². The zero-order valence-electron chi connectivity index (χ0n) is 18.9. The highest BCUT2D eigenvalue weighted by molar-refractivity contribution is 7.23. The molecule has 0 bridgehead atoms. The maximum absolute atomic E-state index is 12.6. The first-order valence-corrected chi connectivity index (χ1v) is 11.4. The van der Waals surface area contributed by atoms with Gasteiger partial charge in [0, 0.05) is 42.1 Å². The van der Waals surface area contributed by atoms with E-state index in [4.69, 9.17) is 16.3 Å². The van der Waals surface area contributed by atoms with Crippen molar-refractivity contribution in [3.63, 3.8) is 0 Å². The van der Waals surface area contributed by atoms with Crippen molar-refractivity contribution >= 4 is 50.2 Å². The number of nitrogens with one attached hydrogen (secondary N) is 2. The van der Waals surface area contributed by atoms with Gasteiger partial charge in [-0.3, -0.25) is 5.01 Å². The Balaban J connectivity index is 1.87. The van der Waals surface area contributed by atoms with Gasteiger partial charge in [-0.2, -0.15) is 5.10 Å². The fourth-order valence-electron chi connectivity index (χ4n) is 3.28. The van der Waals surface area contributed by atoms with Crippen molar-refractivity contribution in [1.29, 1.82) is 0 Å². The van der Waals surface area contributed by atoms with Crippen LogP contribution in [0.15, 0.2) is 46.8 Å². The van der Waals surface area contributed by atoms with Crippen molar-refractivity contribution in [1.82, 2.24) is 9.91 Å². The molecule has 3 N–H and O–H groups in total. The number of amides is 2. The van der Waals surface area contributed by atoms with E-state index in [1.165, 1.54) is 12.1 Å². The second-order valence-electron chi connectivity index (χ2n) is 7.84. The fourth-order valence-corrected chi connectivity index (χ4v) is 3.96. The van der Waals surface area contributed by atoms with Crippen molar-refractivity contribution in [3.8, 4) is 11.5 Å². The second-order valence-corrected chi connectivity index (χ2v) is 8.97. The molecule has 0 fully saturated rings. The number of hydrazone groups is 1. The predicted octanol–water partition coefficient (Wildman–Crippen LogP) is 4.89. The van der Waals surface area contributed by atoms with E-state index in [1.54, 1.807) is 12.1 Å². The number of hydrogen-bond donors (Lipinski definition) is 3. The van der Waals surface area contributed by atoms with E-state index in [1.807, 2.05) is 44.5 Å². The van der Waals surface area contributed by atoms with E-state index in [-0.39, 0.29) is 11.4 Å². The third-order valence-electron chi connectivity index (χ3n) is 4.92. The van der Waals surface area contributed by atoms with Crippen LogP contribution in [0.1, 0.15) is 18.4 Å². The van der Waals surface area contributed by atoms with E-state index >= 15 is 0 Å². The molecule has 33 heavy (non-hydrogen) atoms. The number of phenolic OH excluding ortho intramolecular Hbond substituents is 1. The molecule has 0 saturated heterocycles. The Bertz CT molecular complexity index is 1070. The SMILES string of the molecule is CN(C)CCOc1ccc(NC(=O)Nc2ccc(Cl)cc2O)cc1C1=C(P)CCC=NN1C. The highest BCUT2D eigenvalue weighted by Gasteiger charge is 2.19. The highest BCUT2D eigenvalue weighted by atomic mass is 35.5. The normalized spacial score (nSPS) is 13.8. The minimum atomic E-state index is -0.493. The average Bonchev–Trinajstić information content (AvgIpc) is 2.91. The molecular weight excluding hydrogens is 461 g/mol. The Morgan fingerprint density at radius 1 is 1.27 bits per heavy atom. The molecule has 8 nitrogen and oxygen atoms in total. The summed E-state index contributed by atoms with van der Waals surface area (Å²) in [6, 6.07) is 9.48. The molecule has 0 spiro atoms. The molecule has 2 amide bonds. The van der Waals surface area contributed by atoms with Crippen molar-refractivity contribution < 1.29 is 14.6 Å². The lowest BCUT2D eigenvalue weighted by atomic mass is 10.1. The van der Waals surface area contributed by atoms with Gasteiger partial charge in [-0.05, 0) is 62.6 Å². The maximum Gasteiger partial charge on any atom is 0.323 e. The molecule has 0 radical (unpaired) electrons. The van der Waals surface area contributed by atoms with Gasteiger partial charge in [0.05, 0.1) is 11.4 Å². The van der Waals surface area contributed by atoms with Crippen molar-refractivity contribution in [2.24, 2.45) is 5.10 Å². The lowest BCUT2D eigenvalue weighted by molar-refractivity contribution is 0.260. The molecule has 176 valence electrons. The largest absolute Gasteiger partial charge is 0.506 e. The van der Waals surface area contributed by atoms with Crippen LogP contribution in [0.2, 0.25) is 5.02 Å². The summed E-state index contributed by atoms with van der Waals surface area (Å²) in [6.07, 6.45) is 3.57. The molecule has 0 saturated carbocycles. The Morgan fingerprint density at radius 3 is 2.79 bits per heavy atom.